The van der Waals surface area contributed by atoms with Crippen molar-refractivity contribution < 1.29 is 27.3 Å². The Balaban J connectivity index is 1.68. The molecule has 1 aliphatic heterocycles. The number of hydrogen-bond acceptors (Lipinski definition) is 4. The van der Waals surface area contributed by atoms with E-state index in [9.17, 15) is 32.5 Å². The van der Waals surface area contributed by atoms with Gasteiger partial charge >= 0.3 is 6.18 Å². The number of anilines is 1. The predicted octanol–water partition coefficient (Wildman–Crippen LogP) is 4.11. The molecule has 6 nitrogen and oxygen atoms in total. The molecule has 1 fully saturated rings. The van der Waals surface area contributed by atoms with Gasteiger partial charge in [0, 0.05) is 38.3 Å². The van der Waals surface area contributed by atoms with Crippen molar-refractivity contribution >= 4 is 23.4 Å². The topological polar surface area (TPSA) is 66.7 Å². The SMILES string of the molecule is O=C(/C=C/c1cccc(F)c1)N1CCN(c2ccc(C(F)(F)F)cc2[N+](=O)[O-])CC1. The van der Waals surface area contributed by atoms with Gasteiger partial charge in [-0.3, -0.25) is 14.9 Å². The van der Waals surface area contributed by atoms with Gasteiger partial charge in [-0.25, -0.2) is 4.39 Å². The monoisotopic (exact) mass is 423 g/mol. The van der Waals surface area contributed by atoms with Crippen molar-refractivity contribution in [3.8, 4) is 0 Å². The summed E-state index contributed by atoms with van der Waals surface area (Å²) in [6, 6.07) is 8.16. The number of rotatable bonds is 4. The molecule has 1 saturated heterocycles. The minimum absolute atomic E-state index is 0.0791. The summed E-state index contributed by atoms with van der Waals surface area (Å²) in [6.07, 6.45) is -1.88. The molecule has 30 heavy (non-hydrogen) atoms. The molecular formula is C20H17F4N3O3. The van der Waals surface area contributed by atoms with Crippen LogP contribution >= 0.6 is 0 Å². The number of piperazine rings is 1. The molecule has 0 aromatic heterocycles. The molecule has 10 heteroatoms. The van der Waals surface area contributed by atoms with Crippen molar-refractivity contribution in [1.82, 2.24) is 4.90 Å². The number of hydrogen-bond donors (Lipinski definition) is 0. The second kappa shape index (κ2) is 8.52. The number of alkyl halides is 3. The number of benzene rings is 2. The molecule has 0 aliphatic carbocycles. The minimum Gasteiger partial charge on any atom is -0.362 e. The van der Waals surface area contributed by atoms with Crippen LogP contribution in [0.15, 0.2) is 48.5 Å². The predicted molar refractivity (Wildman–Crippen MR) is 102 cm³/mol. The number of halogens is 4. The van der Waals surface area contributed by atoms with Crippen molar-refractivity contribution in [3.63, 3.8) is 0 Å². The lowest BCUT2D eigenvalue weighted by atomic mass is 10.1. The van der Waals surface area contributed by atoms with Gasteiger partial charge in [0.25, 0.3) is 5.69 Å². The quantitative estimate of drug-likeness (QED) is 0.321. The zero-order valence-corrected chi connectivity index (χ0v) is 15.6. The van der Waals surface area contributed by atoms with E-state index < -0.39 is 28.2 Å². The lowest BCUT2D eigenvalue weighted by Crippen LogP contribution is -2.48. The fourth-order valence-electron chi connectivity index (χ4n) is 3.16. The van der Waals surface area contributed by atoms with Crippen LogP contribution in [0.1, 0.15) is 11.1 Å². The molecule has 0 atom stereocenters. The summed E-state index contributed by atoms with van der Waals surface area (Å²) in [5.41, 5.74) is -1.11. The fourth-order valence-corrected chi connectivity index (χ4v) is 3.16. The fraction of sp³-hybridized carbons (Fsp3) is 0.250. The number of nitrogens with zero attached hydrogens (tertiary/aromatic N) is 3. The van der Waals surface area contributed by atoms with Gasteiger partial charge < -0.3 is 9.80 Å². The van der Waals surface area contributed by atoms with E-state index in [1.165, 1.54) is 35.3 Å². The molecule has 2 aromatic rings. The number of nitro groups is 1. The van der Waals surface area contributed by atoms with Gasteiger partial charge in [0.05, 0.1) is 10.5 Å². The summed E-state index contributed by atoms with van der Waals surface area (Å²) in [7, 11) is 0. The number of carbonyl (C=O) groups excluding carboxylic acids is 1. The Morgan fingerprint density at radius 2 is 1.77 bits per heavy atom. The van der Waals surface area contributed by atoms with E-state index in [4.69, 9.17) is 0 Å². The van der Waals surface area contributed by atoms with Crippen LogP contribution < -0.4 is 4.90 Å². The Morgan fingerprint density at radius 3 is 2.37 bits per heavy atom. The molecule has 0 unspecified atom stereocenters. The van der Waals surface area contributed by atoms with Crippen molar-refractivity contribution in [2.75, 3.05) is 31.1 Å². The minimum atomic E-state index is -4.68. The maximum atomic E-state index is 13.2. The average molecular weight is 423 g/mol. The highest BCUT2D eigenvalue weighted by molar-refractivity contribution is 5.92. The molecule has 0 radical (unpaired) electrons. The van der Waals surface area contributed by atoms with Crippen LogP contribution in [-0.4, -0.2) is 41.9 Å². The van der Waals surface area contributed by atoms with E-state index in [2.05, 4.69) is 0 Å². The van der Waals surface area contributed by atoms with Gasteiger partial charge in [0.1, 0.15) is 11.5 Å². The molecule has 1 heterocycles. The molecule has 0 saturated carbocycles. The first-order chi connectivity index (χ1) is 14.1. The Hall–Kier alpha value is -3.43. The summed E-state index contributed by atoms with van der Waals surface area (Å²) in [5.74, 6) is -0.725. The smallest absolute Gasteiger partial charge is 0.362 e. The van der Waals surface area contributed by atoms with Crippen LogP contribution in [0.4, 0.5) is 28.9 Å². The third kappa shape index (κ3) is 4.94. The van der Waals surface area contributed by atoms with Crippen molar-refractivity contribution in [2.45, 2.75) is 6.18 Å². The van der Waals surface area contributed by atoms with Gasteiger partial charge in [-0.1, -0.05) is 12.1 Å². The Morgan fingerprint density at radius 1 is 1.07 bits per heavy atom. The van der Waals surface area contributed by atoms with Crippen LogP contribution in [0.3, 0.4) is 0 Å². The highest BCUT2D eigenvalue weighted by Gasteiger charge is 2.34. The van der Waals surface area contributed by atoms with Crippen molar-refractivity contribution in [1.29, 1.82) is 0 Å². The van der Waals surface area contributed by atoms with Crippen LogP contribution in [0.5, 0.6) is 0 Å². The Kier molecular flexibility index (Phi) is 6.04. The molecule has 2 aromatic carbocycles. The highest BCUT2D eigenvalue weighted by Crippen LogP contribution is 2.36. The third-order valence-corrected chi connectivity index (χ3v) is 4.70. The van der Waals surface area contributed by atoms with Gasteiger partial charge in [0.2, 0.25) is 5.91 Å². The molecule has 0 bridgehead atoms. The molecule has 1 amide bonds. The van der Waals surface area contributed by atoms with Crippen molar-refractivity contribution in [2.24, 2.45) is 0 Å². The summed E-state index contributed by atoms with van der Waals surface area (Å²) in [5, 5.41) is 11.3. The van der Waals surface area contributed by atoms with Gasteiger partial charge in [0.15, 0.2) is 0 Å². The molecule has 158 valence electrons. The Bertz CT molecular complexity index is 984. The van der Waals surface area contributed by atoms with E-state index in [0.29, 0.717) is 11.6 Å². The summed E-state index contributed by atoms with van der Waals surface area (Å²) in [4.78, 5) is 25.8. The van der Waals surface area contributed by atoms with E-state index in [1.54, 1.807) is 11.0 Å². The van der Waals surface area contributed by atoms with Crippen LogP contribution in [0, 0.1) is 15.9 Å². The van der Waals surface area contributed by atoms with E-state index >= 15 is 0 Å². The van der Waals surface area contributed by atoms with E-state index in [-0.39, 0.29) is 37.8 Å². The van der Waals surface area contributed by atoms with Gasteiger partial charge in [-0.05, 0) is 35.9 Å². The first-order valence-electron chi connectivity index (χ1n) is 8.98. The van der Waals surface area contributed by atoms with Crippen molar-refractivity contribution in [3.05, 3.63) is 75.6 Å². The number of nitro benzene ring substituents is 1. The molecule has 3 rings (SSSR count). The first-order valence-corrected chi connectivity index (χ1v) is 8.98. The normalized spacial score (nSPS) is 14.9. The zero-order valence-electron chi connectivity index (χ0n) is 15.6. The van der Waals surface area contributed by atoms with Gasteiger partial charge in [-0.15, -0.1) is 0 Å². The van der Waals surface area contributed by atoms with Crippen LogP contribution in [0.25, 0.3) is 6.08 Å². The Labute approximate surface area is 169 Å². The van der Waals surface area contributed by atoms with E-state index in [1.807, 2.05) is 0 Å². The summed E-state index contributed by atoms with van der Waals surface area (Å²) < 4.78 is 51.8. The standard InChI is InChI=1S/C20H17F4N3O3/c21-16-3-1-2-14(12-16)4-7-19(28)26-10-8-25(9-11-26)17-6-5-15(20(22,23)24)13-18(17)27(29)30/h1-7,12-13H,8-11H2/b7-4+. The first kappa shape index (κ1) is 21.3. The zero-order chi connectivity index (χ0) is 21.9. The summed E-state index contributed by atoms with van der Waals surface area (Å²) in [6.45, 7) is 0.937. The molecular weight excluding hydrogens is 406 g/mol. The molecule has 0 spiro atoms. The molecule has 0 N–H and O–H groups in total. The maximum absolute atomic E-state index is 13.2. The van der Waals surface area contributed by atoms with Gasteiger partial charge in [-0.2, -0.15) is 13.2 Å². The van der Waals surface area contributed by atoms with Crippen LogP contribution in [-0.2, 0) is 11.0 Å². The number of amides is 1. The lowest BCUT2D eigenvalue weighted by molar-refractivity contribution is -0.384. The van der Waals surface area contributed by atoms with Crippen LogP contribution in [0.2, 0.25) is 0 Å². The largest absolute Gasteiger partial charge is 0.416 e. The third-order valence-electron chi connectivity index (χ3n) is 4.70. The highest BCUT2D eigenvalue weighted by atomic mass is 19.4. The average Bonchev–Trinajstić information content (AvgIpc) is 2.71. The summed E-state index contributed by atoms with van der Waals surface area (Å²) >= 11 is 0. The number of carbonyl (C=O) groups is 1. The molecule has 1 aliphatic rings. The second-order valence-corrected chi connectivity index (χ2v) is 6.66. The van der Waals surface area contributed by atoms with E-state index in [0.717, 1.165) is 12.1 Å². The second-order valence-electron chi connectivity index (χ2n) is 6.66. The maximum Gasteiger partial charge on any atom is 0.416 e. The lowest BCUT2D eigenvalue weighted by Gasteiger charge is -2.35.